The van der Waals surface area contributed by atoms with E-state index in [0.29, 0.717) is 13.0 Å². The number of hydrogen-bond donors (Lipinski definition) is 1. The van der Waals surface area contributed by atoms with E-state index in [2.05, 4.69) is 41.5 Å². The van der Waals surface area contributed by atoms with Gasteiger partial charge in [0.1, 0.15) is 0 Å². The average molecular weight is 395 g/mol. The highest BCUT2D eigenvalue weighted by Crippen LogP contribution is 2.56. The Morgan fingerprint density at radius 3 is 2.26 bits per heavy atom. The highest BCUT2D eigenvalue weighted by molar-refractivity contribution is 6.74. The molecule has 0 fully saturated rings. The van der Waals surface area contributed by atoms with Gasteiger partial charge in [-0.25, -0.2) is 0 Å². The average Bonchev–Trinajstić information content (AvgIpc) is 2.52. The maximum absolute atomic E-state index is 11.4. The van der Waals surface area contributed by atoms with Crippen molar-refractivity contribution in [2.45, 2.75) is 78.5 Å². The molecule has 0 radical (unpaired) electrons. The molecule has 0 unspecified atom stereocenters. The normalized spacial score (nSPS) is 17.7. The van der Waals surface area contributed by atoms with Crippen LogP contribution in [0.15, 0.2) is 6.07 Å². The molecule has 1 aromatic rings. The van der Waals surface area contributed by atoms with Gasteiger partial charge in [-0.3, -0.25) is 4.79 Å². The van der Waals surface area contributed by atoms with Crippen LogP contribution in [0, 0.1) is 12.8 Å². The molecule has 6 heteroatoms. The van der Waals surface area contributed by atoms with Gasteiger partial charge in [0.15, 0.2) is 11.5 Å². The van der Waals surface area contributed by atoms with Crippen LogP contribution in [0.4, 0.5) is 0 Å². The summed E-state index contributed by atoms with van der Waals surface area (Å²) in [6.07, 6.45) is 0.439. The molecule has 2 rings (SSSR count). The largest absolute Gasteiger partial charge is 0.516 e. The van der Waals surface area contributed by atoms with Gasteiger partial charge in [-0.2, -0.15) is 0 Å². The quantitative estimate of drug-likeness (QED) is 0.709. The summed E-state index contributed by atoms with van der Waals surface area (Å²) in [5.74, 6) is 0.192. The van der Waals surface area contributed by atoms with Gasteiger partial charge in [-0.1, -0.05) is 54.5 Å². The Balaban J connectivity index is 2.65. The lowest BCUT2D eigenvalue weighted by molar-refractivity contribution is -0.141. The van der Waals surface area contributed by atoms with Gasteiger partial charge in [-0.05, 0) is 24.5 Å². The van der Waals surface area contributed by atoms with E-state index in [-0.39, 0.29) is 10.1 Å². The maximum Gasteiger partial charge on any atom is 0.410 e. The van der Waals surface area contributed by atoms with Gasteiger partial charge < -0.3 is 18.7 Å². The molecule has 1 aliphatic rings. The summed E-state index contributed by atoms with van der Waals surface area (Å²) < 4.78 is 19.0. The van der Waals surface area contributed by atoms with Gasteiger partial charge in [0.05, 0.1) is 19.6 Å². The zero-order valence-electron chi connectivity index (χ0n) is 18.1. The van der Waals surface area contributed by atoms with Gasteiger partial charge in [0.2, 0.25) is 0 Å². The van der Waals surface area contributed by atoms with Gasteiger partial charge >= 0.3 is 14.5 Å². The van der Waals surface area contributed by atoms with E-state index in [1.54, 1.807) is 14.0 Å². The molecule has 1 N–H and O–H groups in total. The van der Waals surface area contributed by atoms with Crippen LogP contribution < -0.4 is 9.16 Å². The number of fused-ring (bicyclic) bond motifs is 1. The van der Waals surface area contributed by atoms with Crippen LogP contribution in [0.25, 0.3) is 0 Å². The summed E-state index contributed by atoms with van der Waals surface area (Å²) in [4.78, 5) is 11.4. The highest BCUT2D eigenvalue weighted by atomic mass is 28.4. The van der Waals surface area contributed by atoms with Crippen molar-refractivity contribution in [1.29, 1.82) is 0 Å². The van der Waals surface area contributed by atoms with Crippen molar-refractivity contribution in [3.05, 3.63) is 22.8 Å². The van der Waals surface area contributed by atoms with Crippen LogP contribution in [0.5, 0.6) is 11.5 Å². The van der Waals surface area contributed by atoms with Gasteiger partial charge in [0, 0.05) is 15.6 Å². The zero-order valence-corrected chi connectivity index (χ0v) is 19.1. The summed E-state index contributed by atoms with van der Waals surface area (Å²) in [6.45, 7) is 17.2. The van der Waals surface area contributed by atoms with Crippen LogP contribution in [0.3, 0.4) is 0 Å². The lowest BCUT2D eigenvalue weighted by atomic mass is 9.94. The smallest absolute Gasteiger partial charge is 0.410 e. The first-order chi connectivity index (χ1) is 12.2. The molecule has 0 aromatic heterocycles. The lowest BCUT2D eigenvalue weighted by Gasteiger charge is -2.51. The van der Waals surface area contributed by atoms with Crippen LogP contribution in [0.2, 0.25) is 10.1 Å². The van der Waals surface area contributed by atoms with Crippen molar-refractivity contribution < 1.29 is 23.5 Å². The lowest BCUT2D eigenvalue weighted by Crippen LogP contribution is -2.61. The van der Waals surface area contributed by atoms with E-state index in [1.165, 1.54) is 0 Å². The van der Waals surface area contributed by atoms with E-state index in [0.717, 1.165) is 28.2 Å². The van der Waals surface area contributed by atoms with Gasteiger partial charge in [-0.15, -0.1) is 0 Å². The first kappa shape index (κ1) is 21.8. The molecule has 1 aromatic carbocycles. The molecule has 27 heavy (non-hydrogen) atoms. The number of carboxylic acid groups (broad SMARTS) is 1. The van der Waals surface area contributed by atoms with Crippen LogP contribution in [-0.4, -0.2) is 26.7 Å². The van der Waals surface area contributed by atoms with Crippen LogP contribution in [-0.2, 0) is 22.2 Å². The summed E-state index contributed by atoms with van der Waals surface area (Å²) in [7, 11) is -1.04. The number of hydrogen-bond acceptors (Lipinski definition) is 4. The summed E-state index contributed by atoms with van der Waals surface area (Å²) in [6, 6.07) is 2.01. The third-order valence-corrected chi connectivity index (χ3v) is 10.4. The molecule has 152 valence electrons. The number of carbonyl (C=O) groups is 1. The van der Waals surface area contributed by atoms with E-state index in [4.69, 9.17) is 13.6 Å². The molecular formula is C21H34O5Si. The molecule has 0 aliphatic carbocycles. The molecular weight excluding hydrogens is 360 g/mol. The Kier molecular flexibility index (Phi) is 5.75. The van der Waals surface area contributed by atoms with Crippen molar-refractivity contribution in [3.63, 3.8) is 0 Å². The second-order valence-electron chi connectivity index (χ2n) is 9.64. The Bertz CT molecular complexity index is 714. The van der Waals surface area contributed by atoms with Crippen molar-refractivity contribution in [2.24, 2.45) is 5.92 Å². The standard InChI is InChI=1S/C21H34O5Si/c1-13-10-15(11-14(2)19(22)23)16-12-25-27(20(3,4)5,21(6,7)8)26-18(16)17(13)24-9/h10,14H,11-12H2,1-9H3,(H,22,23)/t14-/m0/s1. The fourth-order valence-corrected chi connectivity index (χ4v) is 8.84. The predicted molar refractivity (Wildman–Crippen MR) is 109 cm³/mol. The number of carboxylic acids is 1. The van der Waals surface area contributed by atoms with Crippen molar-refractivity contribution in [2.75, 3.05) is 7.11 Å². The number of aryl methyl sites for hydroxylation is 1. The first-order valence-corrected chi connectivity index (χ1v) is 11.3. The monoisotopic (exact) mass is 394 g/mol. The number of benzene rings is 1. The van der Waals surface area contributed by atoms with E-state index < -0.39 is 20.4 Å². The predicted octanol–water partition coefficient (Wildman–Crippen LogP) is 5.22. The highest BCUT2D eigenvalue weighted by Gasteiger charge is 2.62. The van der Waals surface area contributed by atoms with E-state index >= 15 is 0 Å². The summed E-state index contributed by atoms with van der Waals surface area (Å²) in [5.41, 5.74) is 2.84. The minimum absolute atomic E-state index is 0.147. The number of ether oxygens (including phenoxy) is 1. The van der Waals surface area contributed by atoms with E-state index in [9.17, 15) is 9.90 Å². The summed E-state index contributed by atoms with van der Waals surface area (Å²) >= 11 is 0. The Labute approximate surface area is 164 Å². The first-order valence-electron chi connectivity index (χ1n) is 9.50. The minimum atomic E-state index is -2.69. The van der Waals surface area contributed by atoms with E-state index in [1.807, 2.05) is 13.0 Å². The van der Waals surface area contributed by atoms with Gasteiger partial charge in [0.25, 0.3) is 0 Å². The molecule has 0 saturated heterocycles. The second kappa shape index (κ2) is 7.13. The van der Waals surface area contributed by atoms with Crippen molar-refractivity contribution >= 4 is 14.5 Å². The molecule has 0 bridgehead atoms. The Morgan fingerprint density at radius 1 is 1.26 bits per heavy atom. The number of methoxy groups -OCH3 is 1. The Hall–Kier alpha value is -1.53. The topological polar surface area (TPSA) is 65.0 Å². The fraction of sp³-hybridized carbons (Fsp3) is 0.667. The number of rotatable bonds is 4. The molecule has 0 spiro atoms. The molecule has 0 amide bonds. The molecule has 1 aliphatic heterocycles. The SMILES string of the molecule is COc1c(C)cc(C[C@H](C)C(=O)O)c2c1O[Si](C(C)(C)C)(C(C)(C)C)OC2. The molecule has 0 saturated carbocycles. The van der Waals surface area contributed by atoms with Crippen molar-refractivity contribution in [3.8, 4) is 11.5 Å². The minimum Gasteiger partial charge on any atom is -0.516 e. The number of aliphatic carboxylic acids is 1. The van der Waals surface area contributed by atoms with Crippen LogP contribution >= 0.6 is 0 Å². The maximum atomic E-state index is 11.4. The summed E-state index contributed by atoms with van der Waals surface area (Å²) in [5, 5.41) is 9.04. The van der Waals surface area contributed by atoms with Crippen LogP contribution in [0.1, 0.15) is 65.2 Å². The van der Waals surface area contributed by atoms with Crippen molar-refractivity contribution in [1.82, 2.24) is 0 Å². The third kappa shape index (κ3) is 3.74. The molecule has 5 nitrogen and oxygen atoms in total. The fourth-order valence-electron chi connectivity index (χ4n) is 4.21. The zero-order chi connectivity index (χ0) is 20.8. The third-order valence-electron chi connectivity index (χ3n) is 5.41. The molecule has 1 atom stereocenters. The Morgan fingerprint density at radius 2 is 1.81 bits per heavy atom. The molecule has 1 heterocycles. The second-order valence-corrected chi connectivity index (χ2v) is 14.4.